The average Bonchev–Trinajstić information content (AvgIpc) is 2.61. The summed E-state index contributed by atoms with van der Waals surface area (Å²) in [5.41, 5.74) is 1.28. The Bertz CT molecular complexity index is 876. The molecule has 2 rings (SSSR count). The van der Waals surface area contributed by atoms with Crippen LogP contribution in [-0.2, 0) is 16.0 Å². The number of nitrogens with one attached hydrogen (secondary N) is 2. The van der Waals surface area contributed by atoms with Crippen LogP contribution in [0.25, 0.3) is 0 Å². The first-order valence-corrected chi connectivity index (χ1v) is 8.00. The van der Waals surface area contributed by atoms with Crippen molar-refractivity contribution < 1.29 is 29.4 Å². The van der Waals surface area contributed by atoms with Crippen LogP contribution < -0.4 is 10.6 Å². The SMILES string of the molecule is CC(=O)Nc1cccc(C(=O)N[C@@H](Cc2ccc(C(=O)O)cc2)C(=O)O)c1. The summed E-state index contributed by atoms with van der Waals surface area (Å²) < 4.78 is 0. The first kappa shape index (κ1) is 19.6. The molecule has 0 heterocycles. The molecular weight excluding hydrogens is 352 g/mol. The number of hydrogen-bond donors (Lipinski definition) is 4. The van der Waals surface area contributed by atoms with Gasteiger partial charge in [0.25, 0.3) is 5.91 Å². The topological polar surface area (TPSA) is 133 Å². The van der Waals surface area contributed by atoms with Gasteiger partial charge in [-0.15, -0.1) is 0 Å². The van der Waals surface area contributed by atoms with Crippen LogP contribution in [0.1, 0.15) is 33.2 Å². The van der Waals surface area contributed by atoms with Gasteiger partial charge < -0.3 is 20.8 Å². The zero-order valence-electron chi connectivity index (χ0n) is 14.4. The van der Waals surface area contributed by atoms with Crippen molar-refractivity contribution in [2.24, 2.45) is 0 Å². The molecule has 0 aliphatic carbocycles. The summed E-state index contributed by atoms with van der Waals surface area (Å²) in [6, 6.07) is 10.7. The summed E-state index contributed by atoms with van der Waals surface area (Å²) in [4.78, 5) is 45.8. The van der Waals surface area contributed by atoms with Gasteiger partial charge in [-0.05, 0) is 35.9 Å². The number of amides is 2. The monoisotopic (exact) mass is 370 g/mol. The highest BCUT2D eigenvalue weighted by atomic mass is 16.4. The number of benzene rings is 2. The van der Waals surface area contributed by atoms with Gasteiger partial charge in [-0.3, -0.25) is 9.59 Å². The van der Waals surface area contributed by atoms with E-state index in [1.807, 2.05) is 0 Å². The Kier molecular flexibility index (Phi) is 6.27. The van der Waals surface area contributed by atoms with Gasteiger partial charge in [0.2, 0.25) is 5.91 Å². The van der Waals surface area contributed by atoms with Crippen molar-refractivity contribution in [1.29, 1.82) is 0 Å². The number of anilines is 1. The molecular formula is C19H18N2O6. The number of carbonyl (C=O) groups is 4. The van der Waals surface area contributed by atoms with Crippen LogP contribution in [0.15, 0.2) is 48.5 Å². The summed E-state index contributed by atoms with van der Waals surface area (Å²) in [6.07, 6.45) is -0.00758. The third-order valence-corrected chi connectivity index (χ3v) is 3.69. The van der Waals surface area contributed by atoms with Crippen LogP contribution in [0.2, 0.25) is 0 Å². The van der Waals surface area contributed by atoms with Crippen molar-refractivity contribution in [2.45, 2.75) is 19.4 Å². The largest absolute Gasteiger partial charge is 0.480 e. The number of carbonyl (C=O) groups excluding carboxylic acids is 2. The molecule has 0 radical (unpaired) electrons. The van der Waals surface area contributed by atoms with E-state index >= 15 is 0 Å². The van der Waals surface area contributed by atoms with Crippen LogP contribution in [-0.4, -0.2) is 40.0 Å². The molecule has 0 aromatic heterocycles. The Morgan fingerprint density at radius 2 is 1.63 bits per heavy atom. The van der Waals surface area contributed by atoms with Crippen LogP contribution in [0.5, 0.6) is 0 Å². The van der Waals surface area contributed by atoms with E-state index in [0.29, 0.717) is 11.3 Å². The molecule has 4 N–H and O–H groups in total. The highest BCUT2D eigenvalue weighted by Gasteiger charge is 2.21. The molecule has 0 bridgehead atoms. The molecule has 0 saturated carbocycles. The molecule has 8 nitrogen and oxygen atoms in total. The Hall–Kier alpha value is -3.68. The van der Waals surface area contributed by atoms with Crippen molar-refractivity contribution in [3.63, 3.8) is 0 Å². The summed E-state index contributed by atoms with van der Waals surface area (Å²) in [5, 5.41) is 23.3. The minimum atomic E-state index is -1.22. The van der Waals surface area contributed by atoms with Gasteiger partial charge in [0.15, 0.2) is 0 Å². The lowest BCUT2D eigenvalue weighted by atomic mass is 10.0. The quantitative estimate of drug-likeness (QED) is 0.587. The van der Waals surface area contributed by atoms with Gasteiger partial charge in [0, 0.05) is 24.6 Å². The van der Waals surface area contributed by atoms with E-state index in [0.717, 1.165) is 0 Å². The first-order chi connectivity index (χ1) is 12.8. The number of carboxylic acids is 2. The molecule has 0 aliphatic rings. The van der Waals surface area contributed by atoms with Crippen molar-refractivity contribution in [3.05, 3.63) is 65.2 Å². The second-order valence-corrected chi connectivity index (χ2v) is 5.83. The third-order valence-electron chi connectivity index (χ3n) is 3.69. The number of carboxylic acid groups (broad SMARTS) is 2. The van der Waals surface area contributed by atoms with Crippen LogP contribution in [0.3, 0.4) is 0 Å². The van der Waals surface area contributed by atoms with E-state index in [1.54, 1.807) is 12.1 Å². The standard InChI is InChI=1S/C19H18N2O6/c1-11(22)20-15-4-2-3-14(10-15)17(23)21-16(19(26)27)9-12-5-7-13(8-6-12)18(24)25/h2-8,10,16H,9H2,1H3,(H,20,22)(H,21,23)(H,24,25)(H,26,27)/t16-/m0/s1. The molecule has 27 heavy (non-hydrogen) atoms. The van der Waals surface area contributed by atoms with E-state index in [9.17, 15) is 24.3 Å². The Morgan fingerprint density at radius 3 is 2.19 bits per heavy atom. The zero-order chi connectivity index (χ0) is 20.0. The summed E-state index contributed by atoms with van der Waals surface area (Å²) in [7, 11) is 0. The lowest BCUT2D eigenvalue weighted by molar-refractivity contribution is -0.139. The number of rotatable bonds is 7. The molecule has 0 aliphatic heterocycles. The minimum absolute atomic E-state index is 0.00758. The van der Waals surface area contributed by atoms with Crippen molar-refractivity contribution >= 4 is 29.4 Å². The molecule has 0 spiro atoms. The smallest absolute Gasteiger partial charge is 0.335 e. The van der Waals surface area contributed by atoms with Crippen LogP contribution in [0, 0.1) is 0 Å². The molecule has 0 unspecified atom stereocenters. The fourth-order valence-electron chi connectivity index (χ4n) is 2.40. The normalized spacial score (nSPS) is 11.3. The lowest BCUT2D eigenvalue weighted by Crippen LogP contribution is -2.42. The van der Waals surface area contributed by atoms with E-state index in [4.69, 9.17) is 5.11 Å². The number of aliphatic carboxylic acids is 1. The summed E-state index contributed by atoms with van der Waals surface area (Å²) in [5.74, 6) is -3.19. The predicted molar refractivity (Wildman–Crippen MR) is 96.7 cm³/mol. The molecule has 2 aromatic rings. The molecule has 0 fully saturated rings. The van der Waals surface area contributed by atoms with Crippen molar-refractivity contribution in [1.82, 2.24) is 5.32 Å². The number of aromatic carboxylic acids is 1. The van der Waals surface area contributed by atoms with Crippen molar-refractivity contribution in [2.75, 3.05) is 5.32 Å². The second kappa shape index (κ2) is 8.61. The van der Waals surface area contributed by atoms with Gasteiger partial charge in [-0.1, -0.05) is 18.2 Å². The Morgan fingerprint density at radius 1 is 0.963 bits per heavy atom. The summed E-state index contributed by atoms with van der Waals surface area (Å²) in [6.45, 7) is 1.34. The maximum absolute atomic E-state index is 12.4. The average molecular weight is 370 g/mol. The zero-order valence-corrected chi connectivity index (χ0v) is 14.4. The molecule has 2 amide bonds. The maximum Gasteiger partial charge on any atom is 0.335 e. The van der Waals surface area contributed by atoms with Gasteiger partial charge in [0.05, 0.1) is 5.56 Å². The third kappa shape index (κ3) is 5.67. The van der Waals surface area contributed by atoms with E-state index in [-0.39, 0.29) is 23.5 Å². The molecule has 8 heteroatoms. The minimum Gasteiger partial charge on any atom is -0.480 e. The van der Waals surface area contributed by atoms with Gasteiger partial charge in [-0.2, -0.15) is 0 Å². The highest BCUT2D eigenvalue weighted by Crippen LogP contribution is 2.12. The fraction of sp³-hybridized carbons (Fsp3) is 0.158. The molecule has 2 aromatic carbocycles. The van der Waals surface area contributed by atoms with Gasteiger partial charge >= 0.3 is 11.9 Å². The van der Waals surface area contributed by atoms with E-state index in [2.05, 4.69) is 10.6 Å². The fourth-order valence-corrected chi connectivity index (χ4v) is 2.40. The predicted octanol–water partition coefficient (Wildman–Crippen LogP) is 1.77. The molecule has 1 atom stereocenters. The highest BCUT2D eigenvalue weighted by molar-refractivity contribution is 5.98. The Balaban J connectivity index is 2.11. The molecule has 0 saturated heterocycles. The second-order valence-electron chi connectivity index (χ2n) is 5.83. The first-order valence-electron chi connectivity index (χ1n) is 8.00. The van der Waals surface area contributed by atoms with E-state index < -0.39 is 23.9 Å². The van der Waals surface area contributed by atoms with Crippen LogP contribution in [0.4, 0.5) is 5.69 Å². The van der Waals surface area contributed by atoms with E-state index in [1.165, 1.54) is 43.3 Å². The van der Waals surface area contributed by atoms with Crippen LogP contribution >= 0.6 is 0 Å². The molecule has 140 valence electrons. The Labute approximate surface area is 154 Å². The summed E-state index contributed by atoms with van der Waals surface area (Å²) >= 11 is 0. The van der Waals surface area contributed by atoms with Gasteiger partial charge in [-0.25, -0.2) is 9.59 Å². The lowest BCUT2D eigenvalue weighted by Gasteiger charge is -2.15. The van der Waals surface area contributed by atoms with Gasteiger partial charge in [0.1, 0.15) is 6.04 Å². The number of hydrogen-bond acceptors (Lipinski definition) is 4. The van der Waals surface area contributed by atoms with Crippen molar-refractivity contribution in [3.8, 4) is 0 Å². The maximum atomic E-state index is 12.4.